The quantitative estimate of drug-likeness (QED) is 0.368. The highest BCUT2D eigenvalue weighted by Gasteiger charge is 2.19. The minimum absolute atomic E-state index is 0.0639. The number of ketones is 1. The number of nitrogens with one attached hydrogen (secondary N) is 1. The lowest BCUT2D eigenvalue weighted by molar-refractivity contribution is 0.0982. The van der Waals surface area contributed by atoms with Crippen LogP contribution in [0.2, 0.25) is 0 Å². The van der Waals surface area contributed by atoms with E-state index in [-0.39, 0.29) is 10.6 Å². The number of carbonyl (C=O) groups is 2. The fraction of sp³-hybridized carbons (Fsp3) is 0.333. The number of rotatable bonds is 5. The number of nitrogens with zero attached hydrogens (tertiary/aromatic N) is 3. The van der Waals surface area contributed by atoms with Gasteiger partial charge in [-0.2, -0.15) is 4.99 Å². The summed E-state index contributed by atoms with van der Waals surface area (Å²) in [6.07, 6.45) is 4.15. The number of H-pyrrole nitrogens is 1. The van der Waals surface area contributed by atoms with Crippen molar-refractivity contribution in [1.82, 2.24) is 14.8 Å². The van der Waals surface area contributed by atoms with Gasteiger partial charge >= 0.3 is 4.87 Å². The van der Waals surface area contributed by atoms with E-state index < -0.39 is 16.6 Å². The average Bonchev–Trinajstić information content (AvgIpc) is 2.75. The van der Waals surface area contributed by atoms with E-state index >= 15 is 0 Å². The zero-order valence-corrected chi connectivity index (χ0v) is 12.5. The van der Waals surface area contributed by atoms with Gasteiger partial charge in [-0.15, -0.1) is 0 Å². The Balaban J connectivity index is 3.08. The number of thiazole rings is 1. The van der Waals surface area contributed by atoms with Gasteiger partial charge in [0.25, 0.3) is 5.91 Å². The lowest BCUT2D eigenvalue weighted by Gasteiger charge is -2.03. The van der Waals surface area contributed by atoms with Gasteiger partial charge in [0, 0.05) is 40.5 Å². The van der Waals surface area contributed by atoms with Crippen molar-refractivity contribution in [2.45, 2.75) is 0 Å². The number of aromatic amines is 1. The summed E-state index contributed by atoms with van der Waals surface area (Å²) in [4.78, 5) is 44.0. The summed E-state index contributed by atoms with van der Waals surface area (Å²) in [7, 11) is 6.94. The van der Waals surface area contributed by atoms with Crippen LogP contribution in [0.3, 0.4) is 0 Å². The maximum atomic E-state index is 11.9. The number of aromatic nitrogens is 1. The molecule has 0 atom stereocenters. The topological polar surface area (TPSA) is 85.8 Å². The Morgan fingerprint density at radius 1 is 1.20 bits per heavy atom. The fourth-order valence-corrected chi connectivity index (χ4v) is 1.92. The van der Waals surface area contributed by atoms with Crippen molar-refractivity contribution >= 4 is 29.4 Å². The molecule has 1 aromatic heterocycles. The molecule has 1 heterocycles. The van der Waals surface area contributed by atoms with E-state index in [2.05, 4.69) is 9.98 Å². The highest BCUT2D eigenvalue weighted by atomic mass is 32.1. The van der Waals surface area contributed by atoms with Crippen LogP contribution in [-0.2, 0) is 0 Å². The first-order valence-corrected chi connectivity index (χ1v) is 6.50. The highest BCUT2D eigenvalue weighted by molar-refractivity contribution is 7.11. The highest BCUT2D eigenvalue weighted by Crippen LogP contribution is 2.12. The van der Waals surface area contributed by atoms with Crippen LogP contribution in [0, 0.1) is 0 Å². The third kappa shape index (κ3) is 4.47. The molecule has 7 nitrogen and oxygen atoms in total. The second-order valence-electron chi connectivity index (χ2n) is 4.38. The molecule has 1 aromatic rings. The minimum Gasteiger partial charge on any atom is -0.383 e. The van der Waals surface area contributed by atoms with Crippen molar-refractivity contribution in [3.05, 3.63) is 32.5 Å². The number of allylic oxidation sites excluding steroid dienone is 1. The van der Waals surface area contributed by atoms with Gasteiger partial charge in [0.1, 0.15) is 10.6 Å². The maximum Gasteiger partial charge on any atom is 0.305 e. The van der Waals surface area contributed by atoms with E-state index in [1.54, 1.807) is 44.2 Å². The van der Waals surface area contributed by atoms with Crippen molar-refractivity contribution in [3.63, 3.8) is 0 Å². The summed E-state index contributed by atoms with van der Waals surface area (Å²) >= 11 is 0.698. The molecule has 20 heavy (non-hydrogen) atoms. The maximum absolute atomic E-state index is 11.9. The number of aliphatic imine (C=N–C) groups is 1. The van der Waals surface area contributed by atoms with Crippen molar-refractivity contribution in [2.24, 2.45) is 4.99 Å². The summed E-state index contributed by atoms with van der Waals surface area (Å²) in [6, 6.07) is 0. The molecule has 0 radical (unpaired) electrons. The molecule has 1 N–H and O–H groups in total. The Bertz CT molecular complexity index is 560. The summed E-state index contributed by atoms with van der Waals surface area (Å²) < 4.78 is 0. The summed E-state index contributed by atoms with van der Waals surface area (Å²) in [6.45, 7) is 0. The van der Waals surface area contributed by atoms with Crippen LogP contribution in [0.25, 0.3) is 0 Å². The number of hydrogen-bond donors (Lipinski definition) is 1. The second kappa shape index (κ2) is 6.80. The molecule has 1 rings (SSSR count). The molecule has 0 fully saturated rings. The standard InChI is InChI=1S/C12H16N4O3S/c1-15(2)6-5-8(17)10-9(14-12(19)20-10)11(18)13-7-16(3)4/h5-7H,1-4H3,(H,14,19)/b6-5+,13-7?. The van der Waals surface area contributed by atoms with E-state index in [0.29, 0.717) is 11.3 Å². The monoisotopic (exact) mass is 296 g/mol. The molecule has 0 aromatic carbocycles. The number of carbonyl (C=O) groups excluding carboxylic acids is 2. The van der Waals surface area contributed by atoms with Crippen LogP contribution in [0.5, 0.6) is 0 Å². The molecule has 0 aliphatic rings. The molecular weight excluding hydrogens is 280 g/mol. The van der Waals surface area contributed by atoms with Crippen molar-refractivity contribution in [2.75, 3.05) is 28.2 Å². The lowest BCUT2D eigenvalue weighted by Crippen LogP contribution is -2.12. The summed E-state index contributed by atoms with van der Waals surface area (Å²) in [5.74, 6) is -1.07. The van der Waals surface area contributed by atoms with Gasteiger partial charge in [0.05, 0.1) is 6.34 Å². The number of hydrogen-bond acceptors (Lipinski definition) is 5. The summed E-state index contributed by atoms with van der Waals surface area (Å²) in [5, 5.41) is 0. The van der Waals surface area contributed by atoms with E-state index in [1.165, 1.54) is 12.4 Å². The van der Waals surface area contributed by atoms with E-state index in [9.17, 15) is 14.4 Å². The lowest BCUT2D eigenvalue weighted by atomic mass is 10.2. The molecule has 0 aliphatic carbocycles. The normalized spacial score (nSPS) is 11.2. The first-order chi connectivity index (χ1) is 9.31. The van der Waals surface area contributed by atoms with Gasteiger partial charge in [-0.25, -0.2) is 0 Å². The fourth-order valence-electron chi connectivity index (χ4n) is 1.18. The van der Waals surface area contributed by atoms with Crippen LogP contribution >= 0.6 is 11.3 Å². The Labute approximate surface area is 120 Å². The third-order valence-corrected chi connectivity index (χ3v) is 2.91. The van der Waals surface area contributed by atoms with E-state index in [1.807, 2.05) is 0 Å². The molecule has 0 bridgehead atoms. The molecule has 1 amide bonds. The molecule has 0 spiro atoms. The van der Waals surface area contributed by atoms with Crippen LogP contribution in [-0.4, -0.2) is 61.0 Å². The van der Waals surface area contributed by atoms with Crippen LogP contribution in [0.1, 0.15) is 20.2 Å². The van der Waals surface area contributed by atoms with Crippen LogP contribution < -0.4 is 4.87 Å². The second-order valence-corrected chi connectivity index (χ2v) is 5.36. The zero-order valence-electron chi connectivity index (χ0n) is 11.7. The van der Waals surface area contributed by atoms with Crippen molar-refractivity contribution in [3.8, 4) is 0 Å². The van der Waals surface area contributed by atoms with Gasteiger partial charge in [0.2, 0.25) is 0 Å². The summed E-state index contributed by atoms with van der Waals surface area (Å²) in [5.41, 5.74) is -0.0773. The molecule has 0 unspecified atom stereocenters. The van der Waals surface area contributed by atoms with Gasteiger partial charge in [0.15, 0.2) is 5.78 Å². The van der Waals surface area contributed by atoms with Crippen LogP contribution in [0.15, 0.2) is 22.1 Å². The average molecular weight is 296 g/mol. The first-order valence-electron chi connectivity index (χ1n) is 5.68. The molecule has 8 heteroatoms. The third-order valence-electron chi connectivity index (χ3n) is 2.02. The Morgan fingerprint density at radius 3 is 2.40 bits per heavy atom. The predicted molar refractivity (Wildman–Crippen MR) is 78.6 cm³/mol. The van der Waals surface area contributed by atoms with Gasteiger partial charge < -0.3 is 14.8 Å². The minimum atomic E-state index is -0.654. The predicted octanol–water partition coefficient (Wildman–Crippen LogP) is 0.425. The van der Waals surface area contributed by atoms with Gasteiger partial charge in [-0.05, 0) is 0 Å². The van der Waals surface area contributed by atoms with Crippen LogP contribution in [0.4, 0.5) is 0 Å². The molecule has 108 valence electrons. The molecule has 0 saturated heterocycles. The van der Waals surface area contributed by atoms with Crippen molar-refractivity contribution < 1.29 is 9.59 Å². The SMILES string of the molecule is CN(C)C=NC(=O)c1[nH]c(=O)sc1C(=O)/C=C/N(C)C. The Morgan fingerprint density at radius 2 is 1.85 bits per heavy atom. The smallest absolute Gasteiger partial charge is 0.305 e. The first kappa shape index (κ1) is 15.8. The molecular formula is C12H16N4O3S. The molecule has 0 saturated carbocycles. The van der Waals surface area contributed by atoms with Gasteiger partial charge in [-0.1, -0.05) is 11.3 Å². The largest absolute Gasteiger partial charge is 0.383 e. The van der Waals surface area contributed by atoms with E-state index in [4.69, 9.17) is 0 Å². The van der Waals surface area contributed by atoms with Gasteiger partial charge in [-0.3, -0.25) is 14.4 Å². The zero-order chi connectivity index (χ0) is 15.3. The van der Waals surface area contributed by atoms with Crippen molar-refractivity contribution in [1.29, 1.82) is 0 Å². The van der Waals surface area contributed by atoms with E-state index in [0.717, 1.165) is 0 Å². The molecule has 0 aliphatic heterocycles. The number of amides is 1. The Hall–Kier alpha value is -2.22. The Kier molecular flexibility index (Phi) is 5.39.